The summed E-state index contributed by atoms with van der Waals surface area (Å²) < 4.78 is 12.0. The summed E-state index contributed by atoms with van der Waals surface area (Å²) in [6.07, 6.45) is 8.22. The van der Waals surface area contributed by atoms with Gasteiger partial charge in [0, 0.05) is 0 Å². The quantitative estimate of drug-likeness (QED) is 0.683. The predicted octanol–water partition coefficient (Wildman–Crippen LogP) is 5.74. The summed E-state index contributed by atoms with van der Waals surface area (Å²) >= 11 is 0. The molecule has 0 N–H and O–H groups in total. The maximum absolute atomic E-state index is 6.53. The van der Waals surface area contributed by atoms with Gasteiger partial charge in [-0.2, -0.15) is 0 Å². The SMILES string of the molecule is COc1ccc2c(c1)CC[C@H]1C2CC[C@]2(C)[C@@H]1CC[C@H]2OC(C)(C)C. The smallest absolute Gasteiger partial charge is 0.119 e. The average molecular weight is 343 g/mol. The highest BCUT2D eigenvalue weighted by Crippen LogP contribution is 2.62. The van der Waals surface area contributed by atoms with Crippen LogP contribution in [0.4, 0.5) is 0 Å². The van der Waals surface area contributed by atoms with Crippen molar-refractivity contribution in [2.24, 2.45) is 17.3 Å². The van der Waals surface area contributed by atoms with E-state index in [4.69, 9.17) is 9.47 Å². The second-order valence-corrected chi connectivity index (χ2v) is 9.82. The number of hydrogen-bond donors (Lipinski definition) is 0. The average Bonchev–Trinajstić information content (AvgIpc) is 2.89. The maximum atomic E-state index is 6.53. The summed E-state index contributed by atoms with van der Waals surface area (Å²) in [6.45, 7) is 9.15. The van der Waals surface area contributed by atoms with Gasteiger partial charge in [-0.3, -0.25) is 0 Å². The third-order valence-electron chi connectivity index (χ3n) is 7.34. The molecular formula is C23H34O2. The van der Waals surface area contributed by atoms with Gasteiger partial charge in [-0.05, 0) is 106 Å². The Hall–Kier alpha value is -1.02. The summed E-state index contributed by atoms with van der Waals surface area (Å²) in [7, 11) is 1.77. The topological polar surface area (TPSA) is 18.5 Å². The van der Waals surface area contributed by atoms with Crippen molar-refractivity contribution in [3.8, 4) is 5.75 Å². The minimum absolute atomic E-state index is 0.0326. The van der Waals surface area contributed by atoms with Crippen molar-refractivity contribution in [3.05, 3.63) is 29.3 Å². The number of rotatable bonds is 2. The summed E-state index contributed by atoms with van der Waals surface area (Å²) in [5, 5.41) is 0. The number of hydrogen-bond acceptors (Lipinski definition) is 2. The number of aryl methyl sites for hydroxylation is 1. The fraction of sp³-hybridized carbons (Fsp3) is 0.739. The zero-order valence-electron chi connectivity index (χ0n) is 16.6. The van der Waals surface area contributed by atoms with Crippen LogP contribution in [0.3, 0.4) is 0 Å². The van der Waals surface area contributed by atoms with E-state index in [2.05, 4.69) is 45.9 Å². The molecule has 0 bridgehead atoms. The van der Waals surface area contributed by atoms with Gasteiger partial charge in [0.05, 0.1) is 18.8 Å². The molecule has 1 aromatic rings. The molecule has 0 amide bonds. The van der Waals surface area contributed by atoms with E-state index in [0.717, 1.165) is 23.5 Å². The van der Waals surface area contributed by atoms with E-state index in [1.54, 1.807) is 12.7 Å². The summed E-state index contributed by atoms with van der Waals surface area (Å²) in [5.41, 5.74) is 3.48. The Kier molecular flexibility index (Phi) is 4.18. The molecule has 138 valence electrons. The summed E-state index contributed by atoms with van der Waals surface area (Å²) in [4.78, 5) is 0. The van der Waals surface area contributed by atoms with E-state index >= 15 is 0 Å². The zero-order valence-corrected chi connectivity index (χ0v) is 16.6. The van der Waals surface area contributed by atoms with E-state index in [1.165, 1.54) is 44.1 Å². The van der Waals surface area contributed by atoms with Crippen LogP contribution in [0.2, 0.25) is 0 Å². The molecule has 0 spiro atoms. The molecule has 3 aliphatic rings. The Morgan fingerprint density at radius 1 is 1.08 bits per heavy atom. The van der Waals surface area contributed by atoms with E-state index in [-0.39, 0.29) is 5.60 Å². The van der Waals surface area contributed by atoms with Crippen molar-refractivity contribution in [2.75, 3.05) is 7.11 Å². The first-order chi connectivity index (χ1) is 11.8. The van der Waals surface area contributed by atoms with Crippen LogP contribution in [0, 0.1) is 17.3 Å². The van der Waals surface area contributed by atoms with E-state index in [9.17, 15) is 0 Å². The molecule has 1 aromatic carbocycles. The highest BCUT2D eigenvalue weighted by molar-refractivity contribution is 5.40. The fourth-order valence-electron chi connectivity index (χ4n) is 6.26. The molecule has 2 nitrogen and oxygen atoms in total. The van der Waals surface area contributed by atoms with Crippen LogP contribution in [0.1, 0.15) is 76.8 Å². The van der Waals surface area contributed by atoms with Gasteiger partial charge in [-0.15, -0.1) is 0 Å². The Balaban J connectivity index is 1.60. The lowest BCUT2D eigenvalue weighted by Gasteiger charge is -2.51. The second-order valence-electron chi connectivity index (χ2n) is 9.82. The Morgan fingerprint density at radius 3 is 2.60 bits per heavy atom. The van der Waals surface area contributed by atoms with Crippen molar-refractivity contribution >= 4 is 0 Å². The van der Waals surface area contributed by atoms with Crippen LogP contribution >= 0.6 is 0 Å². The Labute approximate surface area is 153 Å². The molecule has 25 heavy (non-hydrogen) atoms. The molecule has 0 aromatic heterocycles. The predicted molar refractivity (Wildman–Crippen MR) is 102 cm³/mol. The molecule has 0 aliphatic heterocycles. The number of benzene rings is 1. The highest BCUT2D eigenvalue weighted by atomic mass is 16.5. The maximum Gasteiger partial charge on any atom is 0.119 e. The standard InChI is InChI=1S/C23H34O2/c1-22(2,3)25-21-11-10-20-19-8-6-15-14-16(24-5)7-9-17(15)18(19)12-13-23(20,21)4/h7,9,14,18-21H,6,8,10-13H2,1-5H3/t18?,19-,20+,21+,23+/m0/s1. The Morgan fingerprint density at radius 2 is 1.88 bits per heavy atom. The van der Waals surface area contributed by atoms with Crippen molar-refractivity contribution < 1.29 is 9.47 Å². The molecular weight excluding hydrogens is 308 g/mol. The minimum atomic E-state index is -0.0326. The lowest BCUT2D eigenvalue weighted by atomic mass is 9.55. The number of fused-ring (bicyclic) bond motifs is 5. The number of ether oxygens (including phenoxy) is 2. The zero-order chi connectivity index (χ0) is 17.8. The van der Waals surface area contributed by atoms with Crippen LogP contribution in [-0.2, 0) is 11.2 Å². The third-order valence-corrected chi connectivity index (χ3v) is 7.34. The van der Waals surface area contributed by atoms with Crippen LogP contribution in [0.25, 0.3) is 0 Å². The molecule has 1 unspecified atom stereocenters. The molecule has 2 fully saturated rings. The third kappa shape index (κ3) is 2.91. The van der Waals surface area contributed by atoms with Gasteiger partial charge in [0.25, 0.3) is 0 Å². The lowest BCUT2D eigenvalue weighted by molar-refractivity contribution is -0.125. The van der Waals surface area contributed by atoms with E-state index in [1.807, 2.05) is 0 Å². The van der Waals surface area contributed by atoms with Gasteiger partial charge in [-0.1, -0.05) is 13.0 Å². The van der Waals surface area contributed by atoms with Gasteiger partial charge in [0.15, 0.2) is 0 Å². The number of methoxy groups -OCH3 is 1. The first-order valence-corrected chi connectivity index (χ1v) is 10.2. The Bertz CT molecular complexity index is 644. The van der Waals surface area contributed by atoms with Crippen LogP contribution in [0.5, 0.6) is 5.75 Å². The van der Waals surface area contributed by atoms with Crippen LogP contribution in [-0.4, -0.2) is 18.8 Å². The minimum Gasteiger partial charge on any atom is -0.497 e. The monoisotopic (exact) mass is 342 g/mol. The van der Waals surface area contributed by atoms with Gasteiger partial charge < -0.3 is 9.47 Å². The van der Waals surface area contributed by atoms with Crippen molar-refractivity contribution in [2.45, 2.75) is 83.8 Å². The van der Waals surface area contributed by atoms with Gasteiger partial charge in [0.1, 0.15) is 5.75 Å². The normalized spacial score (nSPS) is 37.2. The van der Waals surface area contributed by atoms with Gasteiger partial charge in [-0.25, -0.2) is 0 Å². The molecule has 2 saturated carbocycles. The molecule has 4 rings (SSSR count). The fourth-order valence-corrected chi connectivity index (χ4v) is 6.26. The van der Waals surface area contributed by atoms with E-state index in [0.29, 0.717) is 11.5 Å². The molecule has 0 radical (unpaired) electrons. The first kappa shape index (κ1) is 17.4. The molecule has 0 heterocycles. The van der Waals surface area contributed by atoms with E-state index < -0.39 is 0 Å². The first-order valence-electron chi connectivity index (χ1n) is 10.2. The van der Waals surface area contributed by atoms with Crippen molar-refractivity contribution in [1.82, 2.24) is 0 Å². The molecule has 3 aliphatic carbocycles. The van der Waals surface area contributed by atoms with Gasteiger partial charge in [0.2, 0.25) is 0 Å². The highest BCUT2D eigenvalue weighted by Gasteiger charge is 2.55. The summed E-state index contributed by atoms with van der Waals surface area (Å²) in [6, 6.07) is 6.79. The molecule has 0 saturated heterocycles. The summed E-state index contributed by atoms with van der Waals surface area (Å²) in [5.74, 6) is 3.43. The van der Waals surface area contributed by atoms with Crippen LogP contribution in [0.15, 0.2) is 18.2 Å². The van der Waals surface area contributed by atoms with Crippen molar-refractivity contribution in [1.29, 1.82) is 0 Å². The molecule has 2 heteroatoms. The second kappa shape index (κ2) is 6.01. The lowest BCUT2D eigenvalue weighted by Crippen LogP contribution is -2.46. The van der Waals surface area contributed by atoms with Gasteiger partial charge >= 0.3 is 0 Å². The van der Waals surface area contributed by atoms with Crippen LogP contribution < -0.4 is 4.74 Å². The largest absolute Gasteiger partial charge is 0.497 e. The molecule has 5 atom stereocenters. The van der Waals surface area contributed by atoms with Crippen molar-refractivity contribution in [3.63, 3.8) is 0 Å².